The monoisotopic (exact) mass is 622 g/mol. The van der Waals surface area contributed by atoms with Crippen LogP contribution >= 0.6 is 0 Å². The molecule has 7 rings (SSSR count). The molecule has 4 aromatic heterocycles. The highest BCUT2D eigenvalue weighted by atomic mass is 16.5. The lowest BCUT2D eigenvalue weighted by molar-refractivity contribution is -0.0309. The van der Waals surface area contributed by atoms with Gasteiger partial charge in [-0.3, -0.25) is 4.57 Å². The van der Waals surface area contributed by atoms with Gasteiger partial charge in [0.2, 0.25) is 5.82 Å². The highest BCUT2D eigenvalue weighted by Gasteiger charge is 2.25. The van der Waals surface area contributed by atoms with E-state index in [2.05, 4.69) is 35.1 Å². The number of para-hydroxylation sites is 1. The number of nitrogens with zero attached hydrogens (tertiary/aromatic N) is 11. The highest BCUT2D eigenvalue weighted by Crippen LogP contribution is 2.39. The maximum Gasteiger partial charge on any atom is 0.312 e. The Balaban J connectivity index is 1.30. The Morgan fingerprint density at radius 1 is 1.09 bits per heavy atom. The second-order valence-corrected chi connectivity index (χ2v) is 11.2. The van der Waals surface area contributed by atoms with E-state index in [9.17, 15) is 0 Å². The van der Waals surface area contributed by atoms with Crippen molar-refractivity contribution in [2.24, 2.45) is 7.05 Å². The van der Waals surface area contributed by atoms with E-state index in [1.807, 2.05) is 36.1 Å². The molecule has 1 aromatic carbocycles. The third-order valence-corrected chi connectivity index (χ3v) is 8.12. The van der Waals surface area contributed by atoms with E-state index >= 15 is 0 Å². The molecule has 1 N–H and O–H groups in total. The van der Waals surface area contributed by atoms with Crippen LogP contribution < -0.4 is 15.0 Å². The minimum atomic E-state index is -0.156. The maximum absolute atomic E-state index is 7.80. The largest absolute Gasteiger partial charge is 0.494 e. The summed E-state index contributed by atoms with van der Waals surface area (Å²) in [6.45, 7) is 13.0. The molecule has 0 radical (unpaired) electrons. The molecule has 15 heteroatoms. The first-order valence-corrected chi connectivity index (χ1v) is 15.3. The zero-order valence-electron chi connectivity index (χ0n) is 26.0. The predicted molar refractivity (Wildman–Crippen MR) is 169 cm³/mol. The summed E-state index contributed by atoms with van der Waals surface area (Å²) < 4.78 is 19.6. The van der Waals surface area contributed by atoms with Gasteiger partial charge in [0.25, 0.3) is 0 Å². The summed E-state index contributed by atoms with van der Waals surface area (Å²) >= 11 is 0. The molecular formula is C31H34N12O3. The van der Waals surface area contributed by atoms with Crippen molar-refractivity contribution in [3.05, 3.63) is 59.1 Å². The minimum absolute atomic E-state index is 0.156. The molecule has 0 aliphatic carbocycles. The number of methoxy groups -OCH3 is 1. The van der Waals surface area contributed by atoms with E-state index in [0.717, 1.165) is 36.5 Å². The molecular weight excluding hydrogens is 588 g/mol. The third-order valence-electron chi connectivity index (χ3n) is 8.12. The Morgan fingerprint density at radius 3 is 2.70 bits per heavy atom. The molecule has 1 unspecified atom stereocenters. The Kier molecular flexibility index (Phi) is 8.12. The van der Waals surface area contributed by atoms with Gasteiger partial charge in [-0.25, -0.2) is 15.0 Å². The van der Waals surface area contributed by atoms with Gasteiger partial charge in [0.05, 0.1) is 62.6 Å². The molecule has 46 heavy (non-hydrogen) atoms. The number of hydrogen-bond donors (Lipinski definition) is 1. The van der Waals surface area contributed by atoms with Gasteiger partial charge in [-0.2, -0.15) is 4.80 Å². The summed E-state index contributed by atoms with van der Waals surface area (Å²) in [5, 5.41) is 16.1. The van der Waals surface area contributed by atoms with Crippen LogP contribution in [0.4, 0.5) is 23.0 Å². The number of imidazole rings is 1. The predicted octanol–water partition coefficient (Wildman–Crippen LogP) is 4.15. The van der Waals surface area contributed by atoms with Crippen LogP contribution in [-0.2, 0) is 22.9 Å². The van der Waals surface area contributed by atoms with Gasteiger partial charge >= 0.3 is 5.82 Å². The first kappa shape index (κ1) is 29.5. The van der Waals surface area contributed by atoms with Crippen LogP contribution in [0.15, 0.2) is 30.5 Å². The van der Waals surface area contributed by atoms with Crippen LogP contribution in [-0.4, -0.2) is 84.7 Å². The number of ether oxygens (including phenoxy) is 3. The lowest BCUT2D eigenvalue weighted by Gasteiger charge is -2.28. The average molecular weight is 623 g/mol. The SMILES string of the molecule is [C-]#[N+]c1nc(Cc2cc(Nc3cccc(-c4nnn(C)n4)c3OC)c3nc(C)n(C4CCCCO4)c3n2)cnc1N1CCOCC1. The summed E-state index contributed by atoms with van der Waals surface area (Å²) in [5.41, 5.74) is 4.94. The van der Waals surface area contributed by atoms with Crippen LogP contribution in [0.1, 0.15) is 42.7 Å². The van der Waals surface area contributed by atoms with Gasteiger partial charge in [-0.15, -0.1) is 15.2 Å². The first-order valence-electron chi connectivity index (χ1n) is 15.3. The van der Waals surface area contributed by atoms with Crippen molar-refractivity contribution in [2.75, 3.05) is 50.2 Å². The maximum atomic E-state index is 7.80. The molecule has 1 atom stereocenters. The molecule has 2 aliphatic heterocycles. The van der Waals surface area contributed by atoms with Crippen LogP contribution in [0.2, 0.25) is 0 Å². The molecule has 0 bridgehead atoms. The fraction of sp³-hybridized carbons (Fsp3) is 0.419. The van der Waals surface area contributed by atoms with Crippen molar-refractivity contribution in [3.8, 4) is 17.1 Å². The molecule has 2 aliphatic rings. The van der Waals surface area contributed by atoms with Gasteiger partial charge in [0.15, 0.2) is 22.9 Å². The lowest BCUT2D eigenvalue weighted by atomic mass is 10.1. The number of pyridine rings is 1. The van der Waals surface area contributed by atoms with Crippen molar-refractivity contribution in [1.82, 2.24) is 44.7 Å². The van der Waals surface area contributed by atoms with Crippen molar-refractivity contribution >= 4 is 34.2 Å². The normalized spacial score (nSPS) is 16.8. The van der Waals surface area contributed by atoms with Crippen LogP contribution in [0, 0.1) is 13.5 Å². The smallest absolute Gasteiger partial charge is 0.312 e. The third kappa shape index (κ3) is 5.68. The Morgan fingerprint density at radius 2 is 1.96 bits per heavy atom. The van der Waals surface area contributed by atoms with Crippen molar-refractivity contribution in [2.45, 2.75) is 38.8 Å². The van der Waals surface area contributed by atoms with Crippen molar-refractivity contribution in [3.63, 3.8) is 0 Å². The summed E-state index contributed by atoms with van der Waals surface area (Å²) in [4.78, 5) is 26.6. The summed E-state index contributed by atoms with van der Waals surface area (Å²) in [6.07, 6.45) is 4.92. The number of rotatable bonds is 8. The second kappa shape index (κ2) is 12.7. The van der Waals surface area contributed by atoms with E-state index in [-0.39, 0.29) is 12.0 Å². The minimum Gasteiger partial charge on any atom is -0.494 e. The van der Waals surface area contributed by atoms with Crippen LogP contribution in [0.5, 0.6) is 5.75 Å². The number of aromatic nitrogens is 9. The zero-order chi connectivity index (χ0) is 31.6. The van der Waals surface area contributed by atoms with Crippen molar-refractivity contribution in [1.29, 1.82) is 0 Å². The summed E-state index contributed by atoms with van der Waals surface area (Å²) in [7, 11) is 3.33. The fourth-order valence-corrected chi connectivity index (χ4v) is 6.00. The average Bonchev–Trinajstić information content (AvgIpc) is 3.67. The van der Waals surface area contributed by atoms with E-state index in [1.165, 1.54) is 4.80 Å². The zero-order valence-corrected chi connectivity index (χ0v) is 26.0. The first-order chi connectivity index (χ1) is 22.5. The van der Waals surface area contributed by atoms with E-state index < -0.39 is 0 Å². The van der Waals surface area contributed by atoms with Gasteiger partial charge in [-0.1, -0.05) is 12.6 Å². The van der Waals surface area contributed by atoms with Crippen LogP contribution in [0.3, 0.4) is 0 Å². The Hall–Kier alpha value is -5.20. The number of nitrogens with one attached hydrogen (secondary N) is 1. The number of morpholine rings is 1. The Bertz CT molecular complexity index is 1920. The standard InChI is InChI=1S/C31H34N12O3/c1-19-34-26-24(37-23-9-7-8-22(27(23)44-4)28-38-40-41(3)39-28)17-20(36-30(26)43(19)25-10-5-6-13-46-25)16-21-18-33-31(29(32-2)35-21)42-11-14-45-15-12-42/h7-9,17-18,25H,5-6,10-16H2,1,3-4H3,(H,36,37). The summed E-state index contributed by atoms with van der Waals surface area (Å²) in [5.74, 6) is 2.69. The van der Waals surface area contributed by atoms with Gasteiger partial charge in [0, 0.05) is 19.7 Å². The van der Waals surface area contributed by atoms with E-state index in [4.69, 9.17) is 35.7 Å². The number of fused-ring (bicyclic) bond motifs is 1. The summed E-state index contributed by atoms with van der Waals surface area (Å²) in [6, 6.07) is 7.69. The topological polar surface area (TPSA) is 147 Å². The molecule has 2 fully saturated rings. The molecule has 0 saturated carbocycles. The molecule has 236 valence electrons. The van der Waals surface area contributed by atoms with Crippen molar-refractivity contribution < 1.29 is 14.2 Å². The molecule has 2 saturated heterocycles. The molecule has 0 amide bonds. The Labute approximate surface area is 265 Å². The van der Waals surface area contributed by atoms with E-state index in [0.29, 0.717) is 84.8 Å². The van der Waals surface area contributed by atoms with Crippen LogP contribution in [0.25, 0.3) is 27.4 Å². The molecule has 0 spiro atoms. The van der Waals surface area contributed by atoms with Gasteiger partial charge in [-0.05, 0) is 49.6 Å². The second-order valence-electron chi connectivity index (χ2n) is 11.2. The quantitative estimate of drug-likeness (QED) is 0.248. The van der Waals surface area contributed by atoms with Gasteiger partial charge in [0.1, 0.15) is 17.6 Å². The lowest BCUT2D eigenvalue weighted by Crippen LogP contribution is -2.36. The fourth-order valence-electron chi connectivity index (χ4n) is 6.00. The number of tetrazole rings is 1. The highest BCUT2D eigenvalue weighted by molar-refractivity contribution is 5.91. The number of benzene rings is 1. The number of hydrogen-bond acceptors (Lipinski definition) is 12. The van der Waals surface area contributed by atoms with E-state index in [1.54, 1.807) is 20.4 Å². The molecule has 5 aromatic rings. The molecule has 6 heterocycles. The number of aryl methyl sites for hydroxylation is 2. The molecule has 15 nitrogen and oxygen atoms in total. The number of anilines is 3. The van der Waals surface area contributed by atoms with Gasteiger partial charge < -0.3 is 29.3 Å².